The van der Waals surface area contributed by atoms with Crippen molar-refractivity contribution in [2.24, 2.45) is 0 Å². The van der Waals surface area contributed by atoms with Gasteiger partial charge in [0, 0.05) is 18.8 Å². The summed E-state index contributed by atoms with van der Waals surface area (Å²) in [6.45, 7) is 2.85. The van der Waals surface area contributed by atoms with E-state index < -0.39 is 17.5 Å². The van der Waals surface area contributed by atoms with Crippen molar-refractivity contribution in [3.63, 3.8) is 0 Å². The first-order valence-corrected chi connectivity index (χ1v) is 7.88. The molecule has 1 atom stereocenters. The van der Waals surface area contributed by atoms with Gasteiger partial charge in [-0.15, -0.1) is 0 Å². The smallest absolute Gasteiger partial charge is 0.260 e. The van der Waals surface area contributed by atoms with Crippen molar-refractivity contribution >= 4 is 11.8 Å². The molecule has 0 unspecified atom stereocenters. The van der Waals surface area contributed by atoms with Gasteiger partial charge in [0.1, 0.15) is 11.6 Å². The van der Waals surface area contributed by atoms with Crippen molar-refractivity contribution in [1.82, 2.24) is 15.2 Å². The fourth-order valence-electron chi connectivity index (χ4n) is 2.82. The fraction of sp³-hybridized carbons (Fsp3) is 0.278. The Morgan fingerprint density at radius 2 is 1.96 bits per heavy atom. The standard InChI is InChI=1S/C18H19N3O3/c1-12-7-8-14(16(22)19-12)17(23)20-15-9-10-21(18(15)24)11-13-5-3-2-4-6-13/h2-8,15H,9-11H2,1H3,(H,19,22)(H,20,23)/t15-/m0/s1. The molecule has 0 bridgehead atoms. The average Bonchev–Trinajstić information content (AvgIpc) is 2.89. The molecule has 2 aromatic rings. The summed E-state index contributed by atoms with van der Waals surface area (Å²) < 4.78 is 0. The molecular weight excluding hydrogens is 306 g/mol. The van der Waals surface area contributed by atoms with E-state index in [-0.39, 0.29) is 11.5 Å². The number of nitrogens with zero attached hydrogens (tertiary/aromatic N) is 1. The Balaban J connectivity index is 1.65. The minimum atomic E-state index is -0.582. The van der Waals surface area contributed by atoms with Crippen LogP contribution in [0.2, 0.25) is 0 Å². The number of rotatable bonds is 4. The summed E-state index contributed by atoms with van der Waals surface area (Å²) in [5, 5.41) is 2.67. The number of aromatic amines is 1. The number of benzene rings is 1. The van der Waals surface area contributed by atoms with Crippen molar-refractivity contribution in [2.45, 2.75) is 25.9 Å². The first kappa shape index (κ1) is 16.0. The van der Waals surface area contributed by atoms with Gasteiger partial charge in [0.05, 0.1) is 0 Å². The Labute approximate surface area is 139 Å². The molecular formula is C18H19N3O3. The summed E-state index contributed by atoms with van der Waals surface area (Å²) in [6.07, 6.45) is 0.543. The molecule has 2 amide bonds. The number of carbonyl (C=O) groups is 2. The van der Waals surface area contributed by atoms with Crippen LogP contribution in [0.3, 0.4) is 0 Å². The van der Waals surface area contributed by atoms with E-state index in [4.69, 9.17) is 0 Å². The van der Waals surface area contributed by atoms with Crippen LogP contribution < -0.4 is 10.9 Å². The maximum absolute atomic E-state index is 12.4. The fourth-order valence-corrected chi connectivity index (χ4v) is 2.82. The number of aromatic nitrogens is 1. The molecule has 0 spiro atoms. The van der Waals surface area contributed by atoms with Gasteiger partial charge in [-0.25, -0.2) is 0 Å². The molecule has 0 aliphatic carbocycles. The van der Waals surface area contributed by atoms with Gasteiger partial charge in [0.25, 0.3) is 11.5 Å². The van der Waals surface area contributed by atoms with Crippen LogP contribution in [0.4, 0.5) is 0 Å². The first-order valence-electron chi connectivity index (χ1n) is 7.88. The Morgan fingerprint density at radius 3 is 2.67 bits per heavy atom. The highest BCUT2D eigenvalue weighted by Crippen LogP contribution is 2.15. The summed E-state index contributed by atoms with van der Waals surface area (Å²) in [6, 6.07) is 12.3. The molecule has 124 valence electrons. The third kappa shape index (κ3) is 3.37. The van der Waals surface area contributed by atoms with Gasteiger partial charge in [0.2, 0.25) is 5.91 Å². The molecule has 0 saturated carbocycles. The van der Waals surface area contributed by atoms with Gasteiger partial charge in [-0.3, -0.25) is 14.4 Å². The van der Waals surface area contributed by atoms with E-state index in [1.807, 2.05) is 30.3 Å². The van der Waals surface area contributed by atoms with Crippen molar-refractivity contribution in [2.75, 3.05) is 6.54 Å². The average molecular weight is 325 g/mol. The summed E-state index contributed by atoms with van der Waals surface area (Å²) in [5.74, 6) is -0.632. The van der Waals surface area contributed by atoms with Crippen LogP contribution in [0, 0.1) is 6.92 Å². The molecule has 6 heteroatoms. The topological polar surface area (TPSA) is 82.3 Å². The lowest BCUT2D eigenvalue weighted by atomic mass is 10.2. The number of amides is 2. The molecule has 6 nitrogen and oxygen atoms in total. The van der Waals surface area contributed by atoms with Crippen LogP contribution in [0.1, 0.15) is 28.0 Å². The van der Waals surface area contributed by atoms with Crippen LogP contribution >= 0.6 is 0 Å². The van der Waals surface area contributed by atoms with Crippen LogP contribution in [0.15, 0.2) is 47.3 Å². The number of hydrogen-bond acceptors (Lipinski definition) is 3. The molecule has 1 aromatic heterocycles. The lowest BCUT2D eigenvalue weighted by Crippen LogP contribution is -2.42. The number of carbonyl (C=O) groups excluding carboxylic acids is 2. The van der Waals surface area contributed by atoms with Crippen LogP contribution in [-0.2, 0) is 11.3 Å². The maximum atomic E-state index is 12.4. The number of likely N-dealkylation sites (tertiary alicyclic amines) is 1. The van der Waals surface area contributed by atoms with Gasteiger partial charge in [-0.2, -0.15) is 0 Å². The maximum Gasteiger partial charge on any atom is 0.260 e. The van der Waals surface area contributed by atoms with Crippen LogP contribution in [-0.4, -0.2) is 34.3 Å². The van der Waals surface area contributed by atoms with Gasteiger partial charge >= 0.3 is 0 Å². The van der Waals surface area contributed by atoms with Crippen LogP contribution in [0.5, 0.6) is 0 Å². The quantitative estimate of drug-likeness (QED) is 0.886. The zero-order valence-corrected chi connectivity index (χ0v) is 13.4. The molecule has 1 aliphatic heterocycles. The zero-order chi connectivity index (χ0) is 17.1. The van der Waals surface area contributed by atoms with Gasteiger partial charge < -0.3 is 15.2 Å². The van der Waals surface area contributed by atoms with E-state index in [0.717, 1.165) is 5.56 Å². The highest BCUT2D eigenvalue weighted by molar-refractivity contribution is 5.97. The third-order valence-electron chi connectivity index (χ3n) is 4.12. The number of nitrogens with one attached hydrogen (secondary N) is 2. The minimum absolute atomic E-state index is 0.0231. The van der Waals surface area contributed by atoms with Gasteiger partial charge in [-0.05, 0) is 31.0 Å². The Morgan fingerprint density at radius 1 is 1.21 bits per heavy atom. The molecule has 2 heterocycles. The SMILES string of the molecule is Cc1ccc(C(=O)N[C@H]2CCN(Cc3ccccc3)C2=O)c(=O)[nH]1. The van der Waals surface area contributed by atoms with Crippen molar-refractivity contribution in [3.8, 4) is 0 Å². The number of hydrogen-bond donors (Lipinski definition) is 2. The van der Waals surface area contributed by atoms with E-state index in [1.165, 1.54) is 6.07 Å². The lowest BCUT2D eigenvalue weighted by molar-refractivity contribution is -0.129. The first-order chi connectivity index (χ1) is 11.5. The summed E-state index contributed by atoms with van der Waals surface area (Å²) >= 11 is 0. The van der Waals surface area contributed by atoms with E-state index in [9.17, 15) is 14.4 Å². The minimum Gasteiger partial charge on any atom is -0.340 e. The molecule has 0 radical (unpaired) electrons. The molecule has 1 aromatic carbocycles. The normalized spacial score (nSPS) is 17.1. The molecule has 3 rings (SSSR count). The van der Waals surface area contributed by atoms with Crippen LogP contribution in [0.25, 0.3) is 0 Å². The number of aryl methyl sites for hydroxylation is 1. The van der Waals surface area contributed by atoms with Crippen molar-refractivity contribution < 1.29 is 9.59 Å². The monoisotopic (exact) mass is 325 g/mol. The second-order valence-corrected chi connectivity index (χ2v) is 5.94. The van der Waals surface area contributed by atoms with Gasteiger partial charge in [-0.1, -0.05) is 30.3 Å². The number of H-pyrrole nitrogens is 1. The number of pyridine rings is 1. The second-order valence-electron chi connectivity index (χ2n) is 5.94. The second kappa shape index (κ2) is 6.70. The Hall–Kier alpha value is -2.89. The highest BCUT2D eigenvalue weighted by Gasteiger charge is 2.33. The largest absolute Gasteiger partial charge is 0.340 e. The van der Waals surface area contributed by atoms with E-state index in [2.05, 4.69) is 10.3 Å². The summed E-state index contributed by atoms with van der Waals surface area (Å²) in [7, 11) is 0. The van der Waals surface area contributed by atoms with E-state index >= 15 is 0 Å². The van der Waals surface area contributed by atoms with Gasteiger partial charge in [0.15, 0.2) is 0 Å². The van der Waals surface area contributed by atoms with E-state index in [1.54, 1.807) is 17.9 Å². The molecule has 2 N–H and O–H groups in total. The Bertz CT molecular complexity index is 814. The van der Waals surface area contributed by atoms with E-state index in [0.29, 0.717) is 25.2 Å². The lowest BCUT2D eigenvalue weighted by Gasteiger charge is -2.17. The third-order valence-corrected chi connectivity index (χ3v) is 4.12. The molecule has 24 heavy (non-hydrogen) atoms. The predicted octanol–water partition coefficient (Wildman–Crippen LogP) is 1.21. The predicted molar refractivity (Wildman–Crippen MR) is 89.5 cm³/mol. The summed E-state index contributed by atoms with van der Waals surface area (Å²) in [5.41, 5.74) is 1.31. The Kier molecular flexibility index (Phi) is 4.46. The zero-order valence-electron chi connectivity index (χ0n) is 13.4. The molecule has 1 saturated heterocycles. The van der Waals surface area contributed by atoms with Crippen molar-refractivity contribution in [3.05, 3.63) is 69.6 Å². The summed E-state index contributed by atoms with van der Waals surface area (Å²) in [4.78, 5) is 40.8. The molecule has 1 aliphatic rings. The highest BCUT2D eigenvalue weighted by atomic mass is 16.2. The molecule has 1 fully saturated rings. The van der Waals surface area contributed by atoms with Crippen molar-refractivity contribution in [1.29, 1.82) is 0 Å².